The average Bonchev–Trinajstić information content (AvgIpc) is 2.36. The first-order valence-electron chi connectivity index (χ1n) is 6.27. The molecule has 0 aliphatic heterocycles. The van der Waals surface area contributed by atoms with Crippen LogP contribution in [0.5, 0.6) is 5.75 Å². The van der Waals surface area contributed by atoms with Crippen molar-refractivity contribution in [3.8, 4) is 5.75 Å². The number of carboxylic acids is 1. The van der Waals surface area contributed by atoms with Crippen LogP contribution < -0.4 is 4.72 Å². The molecule has 0 aliphatic carbocycles. The summed E-state index contributed by atoms with van der Waals surface area (Å²) in [6.45, 7) is 5.63. The van der Waals surface area contributed by atoms with Crippen molar-refractivity contribution in [3.05, 3.63) is 23.8 Å². The van der Waals surface area contributed by atoms with Gasteiger partial charge >= 0.3 is 5.97 Å². The zero-order chi connectivity index (χ0) is 15.5. The van der Waals surface area contributed by atoms with Crippen molar-refractivity contribution in [2.24, 2.45) is 5.92 Å². The summed E-state index contributed by atoms with van der Waals surface area (Å²) in [4.78, 5) is 10.7. The number of carboxylic acid groups (broad SMARTS) is 1. The largest absolute Gasteiger partial charge is 0.507 e. The van der Waals surface area contributed by atoms with Crippen molar-refractivity contribution < 1.29 is 23.4 Å². The fourth-order valence-electron chi connectivity index (χ4n) is 1.64. The van der Waals surface area contributed by atoms with Gasteiger partial charge in [0.05, 0.1) is 4.90 Å². The first-order valence-corrected chi connectivity index (χ1v) is 7.76. The molecule has 1 aromatic carbocycles. The highest BCUT2D eigenvalue weighted by atomic mass is 32.2. The molecule has 0 aliphatic rings. The Morgan fingerprint density at radius 2 is 1.95 bits per heavy atom. The van der Waals surface area contributed by atoms with Gasteiger partial charge in [0, 0.05) is 6.04 Å². The maximum absolute atomic E-state index is 12.2. The van der Waals surface area contributed by atoms with E-state index < -0.39 is 27.3 Å². The van der Waals surface area contributed by atoms with E-state index in [9.17, 15) is 18.3 Å². The number of carbonyl (C=O) groups is 1. The summed E-state index contributed by atoms with van der Waals surface area (Å²) in [5.74, 6) is -1.69. The quantitative estimate of drug-likeness (QED) is 0.743. The van der Waals surface area contributed by atoms with E-state index in [-0.39, 0.29) is 16.9 Å². The van der Waals surface area contributed by atoms with Gasteiger partial charge in [-0.1, -0.05) is 20.3 Å². The molecule has 0 saturated carbocycles. The minimum Gasteiger partial charge on any atom is -0.507 e. The number of aromatic hydroxyl groups is 1. The Balaban J connectivity index is 3.10. The Kier molecular flexibility index (Phi) is 5.13. The molecule has 0 bridgehead atoms. The van der Waals surface area contributed by atoms with Crippen molar-refractivity contribution in [3.63, 3.8) is 0 Å². The van der Waals surface area contributed by atoms with E-state index in [0.717, 1.165) is 18.6 Å². The van der Waals surface area contributed by atoms with Crippen LogP contribution in [0.15, 0.2) is 23.1 Å². The number of rotatable bonds is 6. The fraction of sp³-hybridized carbons (Fsp3) is 0.462. The lowest BCUT2D eigenvalue weighted by Gasteiger charge is -2.20. The second-order valence-corrected chi connectivity index (χ2v) is 6.49. The summed E-state index contributed by atoms with van der Waals surface area (Å²) < 4.78 is 26.8. The van der Waals surface area contributed by atoms with Crippen LogP contribution in [0.25, 0.3) is 0 Å². The molecule has 3 N–H and O–H groups in total. The Labute approximate surface area is 118 Å². The molecule has 2 atom stereocenters. The molecule has 0 heterocycles. The lowest BCUT2D eigenvalue weighted by atomic mass is 10.0. The molecular formula is C13H19NO5S. The van der Waals surface area contributed by atoms with Crippen LogP contribution in [0.3, 0.4) is 0 Å². The van der Waals surface area contributed by atoms with Crippen molar-refractivity contribution in [1.29, 1.82) is 0 Å². The minimum absolute atomic E-state index is 0.154. The minimum atomic E-state index is -3.81. The summed E-state index contributed by atoms with van der Waals surface area (Å²) in [6.07, 6.45) is 0.819. The summed E-state index contributed by atoms with van der Waals surface area (Å²) >= 11 is 0. The van der Waals surface area contributed by atoms with Crippen LogP contribution in [0.4, 0.5) is 0 Å². The molecule has 20 heavy (non-hydrogen) atoms. The van der Waals surface area contributed by atoms with Crippen LogP contribution in [0.2, 0.25) is 0 Å². The second-order valence-electron chi connectivity index (χ2n) is 4.78. The zero-order valence-corrected chi connectivity index (χ0v) is 12.4. The molecule has 1 rings (SSSR count). The third kappa shape index (κ3) is 3.71. The number of sulfonamides is 1. The third-order valence-corrected chi connectivity index (χ3v) is 4.90. The van der Waals surface area contributed by atoms with Crippen molar-refractivity contribution in [1.82, 2.24) is 4.72 Å². The first-order chi connectivity index (χ1) is 9.19. The van der Waals surface area contributed by atoms with Gasteiger partial charge in [0.1, 0.15) is 11.3 Å². The van der Waals surface area contributed by atoms with Gasteiger partial charge in [0.25, 0.3) is 0 Å². The second kappa shape index (κ2) is 6.23. The van der Waals surface area contributed by atoms with Gasteiger partial charge in [-0.05, 0) is 31.0 Å². The normalized spacial score (nSPS) is 14.8. The van der Waals surface area contributed by atoms with Crippen LogP contribution in [0, 0.1) is 5.92 Å². The van der Waals surface area contributed by atoms with Crippen LogP contribution >= 0.6 is 0 Å². The van der Waals surface area contributed by atoms with E-state index in [4.69, 9.17) is 5.11 Å². The van der Waals surface area contributed by atoms with E-state index >= 15 is 0 Å². The number of phenols is 1. The summed E-state index contributed by atoms with van der Waals surface area (Å²) in [5, 5.41) is 18.3. The molecule has 0 radical (unpaired) electrons. The highest BCUT2D eigenvalue weighted by molar-refractivity contribution is 7.89. The van der Waals surface area contributed by atoms with E-state index in [1.54, 1.807) is 6.92 Å². The van der Waals surface area contributed by atoms with Gasteiger partial charge in [-0.3, -0.25) is 0 Å². The molecule has 0 saturated heterocycles. The Hall–Kier alpha value is -1.60. The van der Waals surface area contributed by atoms with Gasteiger partial charge in [-0.2, -0.15) is 0 Å². The zero-order valence-electron chi connectivity index (χ0n) is 11.6. The first kappa shape index (κ1) is 16.5. The van der Waals surface area contributed by atoms with Crippen LogP contribution in [0.1, 0.15) is 37.6 Å². The number of benzene rings is 1. The number of nitrogens with one attached hydrogen (secondary N) is 1. The molecule has 0 amide bonds. The standard InChI is InChI=1S/C13H19NO5S/c1-4-8(2)9(3)14-20(18,19)10-5-6-12(15)11(7-10)13(16)17/h5-9,14-15H,4H2,1-3H3,(H,16,17). The molecule has 1 aromatic rings. The van der Waals surface area contributed by atoms with Gasteiger partial charge in [0.2, 0.25) is 10.0 Å². The maximum atomic E-state index is 12.2. The van der Waals surface area contributed by atoms with Crippen molar-refractivity contribution >= 4 is 16.0 Å². The molecule has 6 nitrogen and oxygen atoms in total. The molecule has 2 unspecified atom stereocenters. The number of hydrogen-bond donors (Lipinski definition) is 3. The maximum Gasteiger partial charge on any atom is 0.339 e. The fourth-order valence-corrected chi connectivity index (χ4v) is 3.01. The summed E-state index contributed by atoms with van der Waals surface area (Å²) in [5.41, 5.74) is -0.441. The molecule has 0 aromatic heterocycles. The highest BCUT2D eigenvalue weighted by Gasteiger charge is 2.22. The summed E-state index contributed by atoms with van der Waals surface area (Å²) in [7, 11) is -3.81. The predicted octanol–water partition coefficient (Wildman–Crippen LogP) is 1.80. The van der Waals surface area contributed by atoms with Crippen molar-refractivity contribution in [2.75, 3.05) is 0 Å². The number of hydrogen-bond acceptors (Lipinski definition) is 4. The van der Waals surface area contributed by atoms with Crippen LogP contribution in [-0.4, -0.2) is 30.6 Å². The molecule has 112 valence electrons. The molecule has 7 heteroatoms. The van der Waals surface area contributed by atoms with Gasteiger partial charge < -0.3 is 10.2 Å². The van der Waals surface area contributed by atoms with E-state index in [2.05, 4.69) is 4.72 Å². The SMILES string of the molecule is CCC(C)C(C)NS(=O)(=O)c1ccc(O)c(C(=O)O)c1. The predicted molar refractivity (Wildman–Crippen MR) is 74.3 cm³/mol. The lowest BCUT2D eigenvalue weighted by Crippen LogP contribution is -2.36. The lowest BCUT2D eigenvalue weighted by molar-refractivity contribution is 0.0693. The average molecular weight is 301 g/mol. The van der Waals surface area contributed by atoms with Gasteiger partial charge in [-0.25, -0.2) is 17.9 Å². The molecule has 0 fully saturated rings. The highest BCUT2D eigenvalue weighted by Crippen LogP contribution is 2.22. The van der Waals surface area contributed by atoms with E-state index in [1.165, 1.54) is 6.07 Å². The van der Waals surface area contributed by atoms with Gasteiger partial charge in [0.15, 0.2) is 0 Å². The Morgan fingerprint density at radius 1 is 1.35 bits per heavy atom. The Bertz CT molecular complexity index is 597. The number of aromatic carboxylic acids is 1. The van der Waals surface area contributed by atoms with Crippen LogP contribution in [-0.2, 0) is 10.0 Å². The monoisotopic (exact) mass is 301 g/mol. The molecular weight excluding hydrogens is 282 g/mol. The third-order valence-electron chi connectivity index (χ3n) is 3.35. The topological polar surface area (TPSA) is 104 Å². The molecule has 0 spiro atoms. The summed E-state index contributed by atoms with van der Waals surface area (Å²) in [6, 6.07) is 2.91. The van der Waals surface area contributed by atoms with Gasteiger partial charge in [-0.15, -0.1) is 0 Å². The smallest absolute Gasteiger partial charge is 0.339 e. The van der Waals surface area contributed by atoms with E-state index in [0.29, 0.717) is 0 Å². The van der Waals surface area contributed by atoms with E-state index in [1.807, 2.05) is 13.8 Å². The van der Waals surface area contributed by atoms with Crippen molar-refractivity contribution in [2.45, 2.75) is 38.1 Å². The Morgan fingerprint density at radius 3 is 2.45 bits per heavy atom.